The molecule has 0 spiro atoms. The molecule has 4 heterocycles. The lowest BCUT2D eigenvalue weighted by atomic mass is 10.0. The molecule has 1 fully saturated rings. The molecular formula is C22H20ClF2N5O. The number of aryl methyl sites for hydroxylation is 1. The molecule has 0 bridgehead atoms. The fourth-order valence-electron chi connectivity index (χ4n) is 4.06. The van der Waals surface area contributed by atoms with E-state index in [1.165, 1.54) is 12.3 Å². The van der Waals surface area contributed by atoms with E-state index in [9.17, 15) is 18.8 Å². The van der Waals surface area contributed by atoms with Crippen molar-refractivity contribution in [3.63, 3.8) is 0 Å². The lowest BCUT2D eigenvalue weighted by Crippen LogP contribution is -2.28. The van der Waals surface area contributed by atoms with Crippen LogP contribution in [0.15, 0.2) is 23.1 Å². The molecule has 1 N–H and O–H groups in total. The highest BCUT2D eigenvalue weighted by molar-refractivity contribution is 6.32. The summed E-state index contributed by atoms with van der Waals surface area (Å²) in [6.07, 6.45) is 1.35. The lowest BCUT2D eigenvalue weighted by Gasteiger charge is -2.26. The number of nitrogens with zero attached hydrogens (tertiary/aromatic N) is 4. The van der Waals surface area contributed by atoms with Gasteiger partial charge in [-0.05, 0) is 31.9 Å². The summed E-state index contributed by atoms with van der Waals surface area (Å²) in [4.78, 5) is 26.5. The molecule has 0 amide bonds. The minimum Gasteiger partial charge on any atom is -0.356 e. The number of aromatic nitrogens is 3. The average molecular weight is 444 g/mol. The van der Waals surface area contributed by atoms with Crippen LogP contribution in [0.1, 0.15) is 36.2 Å². The van der Waals surface area contributed by atoms with Crippen LogP contribution in [0.25, 0.3) is 22.2 Å². The molecule has 0 aliphatic carbocycles. The van der Waals surface area contributed by atoms with E-state index in [1.54, 1.807) is 13.0 Å². The topological polar surface area (TPSA) is 85.7 Å². The number of nitriles is 1. The molecule has 3 aromatic heterocycles. The monoisotopic (exact) mass is 443 g/mol. The van der Waals surface area contributed by atoms with Crippen molar-refractivity contribution < 1.29 is 8.78 Å². The van der Waals surface area contributed by atoms with Crippen LogP contribution in [-0.2, 0) is 0 Å². The number of anilines is 1. The summed E-state index contributed by atoms with van der Waals surface area (Å²) in [6.45, 7) is 4.16. The molecule has 9 heteroatoms. The summed E-state index contributed by atoms with van der Waals surface area (Å²) < 4.78 is 27.9. The summed E-state index contributed by atoms with van der Waals surface area (Å²) in [6, 6.07) is 4.93. The maximum Gasteiger partial charge on any atom is 0.249 e. The average Bonchev–Trinajstić information content (AvgIpc) is 2.91. The Bertz CT molecular complexity index is 1280. The van der Waals surface area contributed by atoms with Gasteiger partial charge < -0.3 is 9.88 Å². The molecular weight excluding hydrogens is 424 g/mol. The van der Waals surface area contributed by atoms with Crippen molar-refractivity contribution in [2.24, 2.45) is 0 Å². The van der Waals surface area contributed by atoms with E-state index in [4.69, 9.17) is 11.6 Å². The minimum atomic E-state index is -2.70. The third-order valence-corrected chi connectivity index (χ3v) is 6.21. The van der Waals surface area contributed by atoms with Gasteiger partial charge >= 0.3 is 0 Å². The molecule has 1 aliphatic heterocycles. The van der Waals surface area contributed by atoms with Crippen molar-refractivity contribution in [1.29, 1.82) is 5.26 Å². The first-order chi connectivity index (χ1) is 14.7. The normalized spacial score (nSPS) is 16.2. The molecule has 0 atom stereocenters. The molecule has 31 heavy (non-hydrogen) atoms. The van der Waals surface area contributed by atoms with Crippen LogP contribution >= 0.6 is 11.6 Å². The number of halogens is 3. The van der Waals surface area contributed by atoms with Crippen LogP contribution in [-0.4, -0.2) is 34.0 Å². The van der Waals surface area contributed by atoms with Crippen molar-refractivity contribution in [2.75, 3.05) is 18.0 Å². The van der Waals surface area contributed by atoms with Gasteiger partial charge in [0.2, 0.25) is 5.92 Å². The molecule has 1 saturated heterocycles. The van der Waals surface area contributed by atoms with Crippen molar-refractivity contribution in [2.45, 2.75) is 39.0 Å². The minimum absolute atomic E-state index is 0.0389. The maximum absolute atomic E-state index is 14.0. The number of alkyl halides is 2. The van der Waals surface area contributed by atoms with E-state index in [1.807, 2.05) is 17.9 Å². The Hall–Kier alpha value is -3.05. The zero-order valence-corrected chi connectivity index (χ0v) is 17.9. The second-order valence-corrected chi connectivity index (χ2v) is 8.15. The number of pyridine rings is 3. The Morgan fingerprint density at radius 1 is 1.29 bits per heavy atom. The molecule has 0 saturated carbocycles. The lowest BCUT2D eigenvalue weighted by molar-refractivity contribution is -0.0102. The molecule has 1 aliphatic rings. The van der Waals surface area contributed by atoms with Crippen LogP contribution in [0, 0.1) is 25.2 Å². The fraction of sp³-hybridized carbons (Fsp3) is 0.364. The second kappa shape index (κ2) is 7.89. The highest BCUT2D eigenvalue weighted by atomic mass is 35.5. The maximum atomic E-state index is 14.0. The van der Waals surface area contributed by atoms with E-state index >= 15 is 0 Å². The summed E-state index contributed by atoms with van der Waals surface area (Å²) in [5, 5.41) is 9.93. The van der Waals surface area contributed by atoms with Gasteiger partial charge in [-0.15, -0.1) is 0 Å². The zero-order chi connectivity index (χ0) is 22.3. The highest BCUT2D eigenvalue weighted by Gasteiger charge is 2.33. The molecule has 4 rings (SSSR count). The first-order valence-corrected chi connectivity index (χ1v) is 10.3. The smallest absolute Gasteiger partial charge is 0.249 e. The van der Waals surface area contributed by atoms with Crippen LogP contribution in [0.4, 0.5) is 14.6 Å². The van der Waals surface area contributed by atoms with Crippen molar-refractivity contribution in [3.05, 3.63) is 50.5 Å². The van der Waals surface area contributed by atoms with E-state index < -0.39 is 5.92 Å². The number of H-pyrrole nitrogens is 1. The van der Waals surface area contributed by atoms with Gasteiger partial charge in [-0.2, -0.15) is 5.26 Å². The molecule has 3 aromatic rings. The number of hydrogen-bond donors (Lipinski definition) is 1. The van der Waals surface area contributed by atoms with E-state index in [0.717, 1.165) is 0 Å². The highest BCUT2D eigenvalue weighted by Crippen LogP contribution is 2.38. The Kier molecular flexibility index (Phi) is 5.40. The first-order valence-electron chi connectivity index (χ1n) is 9.94. The first kappa shape index (κ1) is 21.2. The molecule has 0 aromatic carbocycles. The molecule has 0 radical (unpaired) electrons. The standard InChI is InChI=1S/C22H20ClF2N5O/c1-12-18(15-10-17(31)19-14(29-15)4-7-27-16(19)11-26)21(28-13(2)20(12)23)30-8-3-5-22(24,25)6-9-30/h4,7,10H,3,5-6,8-9H2,1-2H3,(H,29,31). The Morgan fingerprint density at radius 3 is 2.81 bits per heavy atom. The van der Waals surface area contributed by atoms with Gasteiger partial charge in [0.25, 0.3) is 0 Å². The number of aromatic amines is 1. The Labute approximate surface area is 182 Å². The summed E-state index contributed by atoms with van der Waals surface area (Å²) in [7, 11) is 0. The largest absolute Gasteiger partial charge is 0.356 e. The zero-order valence-electron chi connectivity index (χ0n) is 17.1. The van der Waals surface area contributed by atoms with Gasteiger partial charge in [-0.1, -0.05) is 11.6 Å². The van der Waals surface area contributed by atoms with Gasteiger partial charge in [0.05, 0.1) is 27.3 Å². The quantitative estimate of drug-likeness (QED) is 0.617. The number of nitrogens with one attached hydrogen (secondary N) is 1. The molecule has 0 unspecified atom stereocenters. The van der Waals surface area contributed by atoms with Crippen LogP contribution < -0.4 is 10.3 Å². The third kappa shape index (κ3) is 3.86. The predicted molar refractivity (Wildman–Crippen MR) is 116 cm³/mol. The van der Waals surface area contributed by atoms with Gasteiger partial charge in [0.15, 0.2) is 11.1 Å². The number of rotatable bonds is 2. The SMILES string of the molecule is Cc1nc(N2CCCC(F)(F)CC2)c(-c2cc(=O)c3c(C#N)nccc3[nH]2)c(C)c1Cl. The van der Waals surface area contributed by atoms with E-state index in [2.05, 4.69) is 15.0 Å². The van der Waals surface area contributed by atoms with Crippen LogP contribution in [0.2, 0.25) is 5.02 Å². The van der Waals surface area contributed by atoms with Gasteiger partial charge in [-0.25, -0.2) is 18.7 Å². The second-order valence-electron chi connectivity index (χ2n) is 7.77. The molecule has 6 nitrogen and oxygen atoms in total. The van der Waals surface area contributed by atoms with E-state index in [0.29, 0.717) is 51.8 Å². The van der Waals surface area contributed by atoms with Gasteiger partial charge in [0.1, 0.15) is 11.9 Å². The van der Waals surface area contributed by atoms with Crippen LogP contribution in [0.5, 0.6) is 0 Å². The number of fused-ring (bicyclic) bond motifs is 1. The Morgan fingerprint density at radius 2 is 2.06 bits per heavy atom. The summed E-state index contributed by atoms with van der Waals surface area (Å²) in [5.41, 5.74) is 2.48. The fourth-order valence-corrected chi connectivity index (χ4v) is 4.20. The number of hydrogen-bond acceptors (Lipinski definition) is 5. The van der Waals surface area contributed by atoms with Crippen molar-refractivity contribution in [3.8, 4) is 17.3 Å². The van der Waals surface area contributed by atoms with Gasteiger partial charge in [0, 0.05) is 43.8 Å². The van der Waals surface area contributed by atoms with E-state index in [-0.39, 0.29) is 35.9 Å². The van der Waals surface area contributed by atoms with Crippen molar-refractivity contribution >= 4 is 28.3 Å². The molecule has 160 valence electrons. The predicted octanol–water partition coefficient (Wildman–Crippen LogP) is 4.75. The Balaban J connectivity index is 1.94. The van der Waals surface area contributed by atoms with Gasteiger partial charge in [-0.3, -0.25) is 4.79 Å². The third-order valence-electron chi connectivity index (χ3n) is 5.65. The van der Waals surface area contributed by atoms with Crippen LogP contribution in [0.3, 0.4) is 0 Å². The van der Waals surface area contributed by atoms with Crippen molar-refractivity contribution in [1.82, 2.24) is 15.0 Å². The summed E-state index contributed by atoms with van der Waals surface area (Å²) in [5.74, 6) is -2.19. The summed E-state index contributed by atoms with van der Waals surface area (Å²) >= 11 is 6.48.